The Balaban J connectivity index is 0.000000732. The van der Waals surface area contributed by atoms with Crippen molar-refractivity contribution in [2.45, 2.75) is 6.92 Å². The SMILES string of the molecule is CC(=O)c1cccc2[nH+]c(-c3ccccc3OC(=O)c3ccc(N=C(N)N)cc3)oc(=O)c12.CS(=O)(=O)[O-]. The molecule has 38 heavy (non-hydrogen) atoms. The van der Waals surface area contributed by atoms with Crippen molar-refractivity contribution < 1.29 is 36.7 Å². The van der Waals surface area contributed by atoms with Crippen LogP contribution in [0.25, 0.3) is 22.4 Å². The summed E-state index contributed by atoms with van der Waals surface area (Å²) in [6, 6.07) is 17.7. The Bertz CT molecular complexity index is 1700. The van der Waals surface area contributed by atoms with Gasteiger partial charge in [-0.1, -0.05) is 24.3 Å². The molecule has 0 spiro atoms. The van der Waals surface area contributed by atoms with E-state index in [1.165, 1.54) is 19.1 Å². The Morgan fingerprint density at radius 2 is 1.63 bits per heavy atom. The van der Waals surface area contributed by atoms with Crippen LogP contribution in [0.5, 0.6) is 5.75 Å². The molecule has 1 heterocycles. The number of ether oxygens (including phenoxy) is 1. The lowest BCUT2D eigenvalue weighted by molar-refractivity contribution is -0.349. The van der Waals surface area contributed by atoms with Crippen LogP contribution in [0.2, 0.25) is 0 Å². The highest BCUT2D eigenvalue weighted by atomic mass is 32.2. The minimum Gasteiger partial charge on any atom is -0.748 e. The molecule has 4 rings (SSSR count). The minimum atomic E-state index is -3.92. The summed E-state index contributed by atoms with van der Waals surface area (Å²) < 4.78 is 38.2. The second-order valence-electron chi connectivity index (χ2n) is 7.80. The fraction of sp³-hybridized carbons (Fsp3) is 0.0800. The number of rotatable bonds is 5. The van der Waals surface area contributed by atoms with Crippen molar-refractivity contribution >= 4 is 44.4 Å². The van der Waals surface area contributed by atoms with Crippen LogP contribution in [0.15, 0.2) is 80.9 Å². The molecule has 0 aliphatic carbocycles. The molecule has 0 saturated heterocycles. The molecule has 4 aromatic rings. The highest BCUT2D eigenvalue weighted by Gasteiger charge is 2.23. The van der Waals surface area contributed by atoms with Gasteiger partial charge in [-0.05, 0) is 43.3 Å². The number of benzene rings is 3. The van der Waals surface area contributed by atoms with E-state index in [2.05, 4.69) is 9.98 Å². The number of aliphatic imine (C=N–C) groups is 1. The summed E-state index contributed by atoms with van der Waals surface area (Å²) in [6.07, 6.45) is 0.604. The number of esters is 1. The summed E-state index contributed by atoms with van der Waals surface area (Å²) in [6.45, 7) is 1.38. The number of ketones is 1. The molecule has 12 nitrogen and oxygen atoms in total. The molecule has 0 bridgehead atoms. The van der Waals surface area contributed by atoms with Crippen LogP contribution in [-0.4, -0.2) is 36.9 Å². The zero-order chi connectivity index (χ0) is 28.0. The number of para-hydroxylation sites is 1. The van der Waals surface area contributed by atoms with Gasteiger partial charge in [0.1, 0.15) is 16.7 Å². The number of guanidine groups is 1. The summed E-state index contributed by atoms with van der Waals surface area (Å²) >= 11 is 0. The number of hydrogen-bond donors (Lipinski definition) is 2. The van der Waals surface area contributed by atoms with E-state index < -0.39 is 21.7 Å². The first-order valence-corrected chi connectivity index (χ1v) is 12.6. The predicted octanol–water partition coefficient (Wildman–Crippen LogP) is 1.76. The molecule has 3 aromatic carbocycles. The summed E-state index contributed by atoms with van der Waals surface area (Å²) in [5.74, 6) is -0.713. The van der Waals surface area contributed by atoms with Gasteiger partial charge in [-0.2, -0.15) is 4.98 Å². The van der Waals surface area contributed by atoms with Gasteiger partial charge in [-0.3, -0.25) is 4.79 Å². The van der Waals surface area contributed by atoms with Gasteiger partial charge in [0.15, 0.2) is 11.7 Å². The third kappa shape index (κ3) is 7.32. The number of nitrogens with zero attached hydrogens (tertiary/aromatic N) is 1. The molecule has 0 aliphatic rings. The lowest BCUT2D eigenvalue weighted by Crippen LogP contribution is -2.21. The molecule has 0 atom stereocenters. The number of aromatic amines is 1. The second-order valence-corrected chi connectivity index (χ2v) is 9.21. The average molecular weight is 539 g/mol. The standard InChI is InChI=1S/C24H18N4O5.CH4O3S/c1-13(29)16-6-4-7-18-20(16)23(31)33-21(28-18)17-5-2-3-8-19(17)32-22(30)14-9-11-15(12-10-14)27-24(25)26;1-5(2,3)4/h2-12H,1H3,(H4,25,26,27);1H3,(H,2,3,4). The highest BCUT2D eigenvalue weighted by Crippen LogP contribution is 2.28. The van der Waals surface area contributed by atoms with Gasteiger partial charge in [0.25, 0.3) is 0 Å². The first kappa shape index (κ1) is 27.7. The molecule has 0 unspecified atom stereocenters. The maximum Gasteiger partial charge on any atom is 0.385 e. The van der Waals surface area contributed by atoms with Crippen LogP contribution in [0.1, 0.15) is 27.6 Å². The summed E-state index contributed by atoms with van der Waals surface area (Å²) in [5.41, 5.74) is 11.8. The number of fused-ring (bicyclic) bond motifs is 1. The lowest BCUT2D eigenvalue weighted by Gasteiger charge is -2.07. The predicted molar refractivity (Wildman–Crippen MR) is 137 cm³/mol. The van der Waals surface area contributed by atoms with Crippen molar-refractivity contribution in [3.05, 3.63) is 88.3 Å². The fourth-order valence-corrected chi connectivity index (χ4v) is 3.31. The lowest BCUT2D eigenvalue weighted by atomic mass is 10.1. The van der Waals surface area contributed by atoms with Gasteiger partial charge < -0.3 is 25.2 Å². The van der Waals surface area contributed by atoms with E-state index in [0.717, 1.165) is 0 Å². The summed E-state index contributed by atoms with van der Waals surface area (Å²) in [5, 5.41) is 0.157. The van der Waals surface area contributed by atoms with E-state index in [1.807, 2.05) is 0 Å². The number of Topliss-reactive ketones (excluding diaryl/α,β-unsaturated/α-hetero) is 1. The Kier molecular flexibility index (Phi) is 8.35. The molecule has 0 fully saturated rings. The molecule has 0 aliphatic heterocycles. The van der Waals surface area contributed by atoms with Crippen LogP contribution in [0, 0.1) is 0 Å². The molecule has 0 radical (unpaired) electrons. The normalized spacial score (nSPS) is 10.7. The van der Waals surface area contributed by atoms with E-state index in [-0.39, 0.29) is 39.9 Å². The monoisotopic (exact) mass is 538 g/mol. The zero-order valence-electron chi connectivity index (χ0n) is 20.1. The van der Waals surface area contributed by atoms with Crippen LogP contribution in [0.4, 0.5) is 5.69 Å². The minimum absolute atomic E-state index is 0.0831. The van der Waals surface area contributed by atoms with E-state index in [0.29, 0.717) is 23.0 Å². The number of aromatic nitrogens is 1. The van der Waals surface area contributed by atoms with Crippen LogP contribution < -0.4 is 26.8 Å². The summed E-state index contributed by atoms with van der Waals surface area (Å²) in [4.78, 5) is 44.2. The molecular weight excluding hydrogens is 516 g/mol. The largest absolute Gasteiger partial charge is 0.748 e. The molecule has 0 amide bonds. The van der Waals surface area contributed by atoms with Gasteiger partial charge in [-0.15, -0.1) is 0 Å². The average Bonchev–Trinajstić information content (AvgIpc) is 2.83. The molecule has 196 valence electrons. The van der Waals surface area contributed by atoms with Gasteiger partial charge in [0.2, 0.25) is 5.52 Å². The molecule has 5 N–H and O–H groups in total. The number of carbonyl (C=O) groups excluding carboxylic acids is 2. The maximum atomic E-state index is 12.7. The highest BCUT2D eigenvalue weighted by molar-refractivity contribution is 7.84. The number of H-pyrrole nitrogens is 1. The number of nitrogens with one attached hydrogen (secondary N) is 1. The molecule has 1 aromatic heterocycles. The van der Waals surface area contributed by atoms with Crippen LogP contribution >= 0.6 is 0 Å². The Hall–Kier alpha value is -4.88. The fourth-order valence-electron chi connectivity index (χ4n) is 3.31. The van der Waals surface area contributed by atoms with E-state index in [9.17, 15) is 14.4 Å². The number of carbonyl (C=O) groups is 2. The third-order valence-corrected chi connectivity index (χ3v) is 4.79. The first-order chi connectivity index (χ1) is 17.8. The zero-order valence-corrected chi connectivity index (χ0v) is 20.9. The van der Waals surface area contributed by atoms with Crippen LogP contribution in [0.3, 0.4) is 0 Å². The van der Waals surface area contributed by atoms with Crippen LogP contribution in [-0.2, 0) is 10.1 Å². The van der Waals surface area contributed by atoms with E-state index >= 15 is 0 Å². The van der Waals surface area contributed by atoms with Gasteiger partial charge in [0.05, 0.1) is 21.4 Å². The Labute approximate surface area is 216 Å². The van der Waals surface area contributed by atoms with Crippen molar-refractivity contribution in [3.63, 3.8) is 0 Å². The summed E-state index contributed by atoms with van der Waals surface area (Å²) in [7, 11) is -3.92. The number of nitrogens with two attached hydrogens (primary N) is 2. The first-order valence-electron chi connectivity index (χ1n) is 10.8. The van der Waals surface area contributed by atoms with Crippen molar-refractivity contribution in [2.24, 2.45) is 16.5 Å². The van der Waals surface area contributed by atoms with E-state index in [4.69, 9.17) is 33.6 Å². The van der Waals surface area contributed by atoms with Crippen molar-refractivity contribution in [3.8, 4) is 17.2 Å². The smallest absolute Gasteiger partial charge is 0.385 e. The van der Waals surface area contributed by atoms with Crippen molar-refractivity contribution in [1.82, 2.24) is 0 Å². The number of hydrogen-bond acceptors (Lipinski definition) is 9. The maximum absolute atomic E-state index is 12.7. The second kappa shape index (κ2) is 11.5. The van der Waals surface area contributed by atoms with Gasteiger partial charge >= 0.3 is 17.5 Å². The quantitative estimate of drug-likeness (QED) is 0.0938. The van der Waals surface area contributed by atoms with Crippen molar-refractivity contribution in [1.29, 1.82) is 0 Å². The molecular formula is C25H22N4O8S. The van der Waals surface area contributed by atoms with Crippen molar-refractivity contribution in [2.75, 3.05) is 6.26 Å². The Morgan fingerprint density at radius 3 is 2.24 bits per heavy atom. The van der Waals surface area contributed by atoms with Gasteiger partial charge in [0, 0.05) is 17.9 Å². The topological polar surface area (TPSA) is 209 Å². The van der Waals surface area contributed by atoms with Gasteiger partial charge in [-0.25, -0.2) is 23.0 Å². The van der Waals surface area contributed by atoms with E-state index in [1.54, 1.807) is 54.6 Å². The Morgan fingerprint density at radius 1 is 1.00 bits per heavy atom. The molecule has 13 heteroatoms. The molecule has 0 saturated carbocycles. The third-order valence-electron chi connectivity index (χ3n) is 4.79.